The Morgan fingerprint density at radius 2 is 1.97 bits per heavy atom. The summed E-state index contributed by atoms with van der Waals surface area (Å²) in [4.78, 5) is 16.1. The fourth-order valence-electron chi connectivity index (χ4n) is 4.92. The Hall–Kier alpha value is -3.60. The van der Waals surface area contributed by atoms with Crippen LogP contribution in [0.2, 0.25) is 0 Å². The monoisotopic (exact) mass is 423 g/mol. The maximum atomic E-state index is 5.06. The van der Waals surface area contributed by atoms with Crippen LogP contribution in [-0.4, -0.2) is 17.0 Å². The second kappa shape index (κ2) is 7.83. The van der Waals surface area contributed by atoms with Crippen molar-refractivity contribution in [1.82, 2.24) is 9.97 Å². The zero-order chi connectivity index (χ0) is 22.4. The number of nitrogens with zero attached hydrogens (tertiary/aromatic N) is 5. The highest BCUT2D eigenvalue weighted by molar-refractivity contribution is 5.80. The summed E-state index contributed by atoms with van der Waals surface area (Å²) < 4.78 is 0. The van der Waals surface area contributed by atoms with Crippen LogP contribution in [0.15, 0.2) is 73.8 Å². The lowest BCUT2D eigenvalue weighted by Gasteiger charge is -2.35. The molecule has 0 amide bonds. The first-order chi connectivity index (χ1) is 15.5. The highest BCUT2D eigenvalue weighted by Gasteiger charge is 2.37. The highest BCUT2D eigenvalue weighted by Crippen LogP contribution is 2.47. The van der Waals surface area contributed by atoms with Crippen LogP contribution in [-0.2, 0) is 6.42 Å². The van der Waals surface area contributed by atoms with Gasteiger partial charge in [-0.1, -0.05) is 55.1 Å². The summed E-state index contributed by atoms with van der Waals surface area (Å²) in [5.41, 5.74) is 7.25. The molecule has 0 N–H and O–H groups in total. The van der Waals surface area contributed by atoms with Gasteiger partial charge >= 0.3 is 0 Å². The summed E-state index contributed by atoms with van der Waals surface area (Å²) in [6.07, 6.45) is 7.04. The van der Waals surface area contributed by atoms with Crippen LogP contribution in [0.4, 0.5) is 23.1 Å². The van der Waals surface area contributed by atoms with Crippen molar-refractivity contribution in [2.75, 3.05) is 21.7 Å². The Kier molecular flexibility index (Phi) is 4.97. The van der Waals surface area contributed by atoms with E-state index >= 15 is 0 Å². The van der Waals surface area contributed by atoms with E-state index < -0.39 is 0 Å². The summed E-state index contributed by atoms with van der Waals surface area (Å²) in [6.45, 7) is 12.7. The Bertz CT molecular complexity index is 1210. The predicted molar refractivity (Wildman–Crippen MR) is 132 cm³/mol. The minimum absolute atomic E-state index is 0.216. The molecule has 32 heavy (non-hydrogen) atoms. The normalized spacial score (nSPS) is 17.2. The summed E-state index contributed by atoms with van der Waals surface area (Å²) in [5.74, 6) is 2.45. The van der Waals surface area contributed by atoms with E-state index in [1.54, 1.807) is 6.20 Å². The SMILES string of the molecule is C=CN(c1ncc2c(n1)N(C1CCCc3ccc(C)cc31)C(=C)N2C)c1ccccc1C. The van der Waals surface area contributed by atoms with Crippen LogP contribution in [0.1, 0.15) is 41.1 Å². The molecule has 5 nitrogen and oxygen atoms in total. The van der Waals surface area contributed by atoms with Gasteiger partial charge in [0, 0.05) is 13.2 Å². The van der Waals surface area contributed by atoms with Crippen LogP contribution < -0.4 is 14.7 Å². The van der Waals surface area contributed by atoms with Gasteiger partial charge in [-0.3, -0.25) is 4.90 Å². The van der Waals surface area contributed by atoms with Gasteiger partial charge in [0.25, 0.3) is 0 Å². The van der Waals surface area contributed by atoms with Crippen molar-refractivity contribution < 1.29 is 0 Å². The van der Waals surface area contributed by atoms with E-state index in [1.165, 1.54) is 16.7 Å². The van der Waals surface area contributed by atoms with Gasteiger partial charge in [0.1, 0.15) is 11.5 Å². The Balaban J connectivity index is 1.61. The fraction of sp³-hybridized carbons (Fsp3) is 0.259. The van der Waals surface area contributed by atoms with E-state index in [0.717, 1.165) is 47.8 Å². The number of fused-ring (bicyclic) bond motifs is 2. The van der Waals surface area contributed by atoms with Crippen LogP contribution in [0, 0.1) is 13.8 Å². The first-order valence-corrected chi connectivity index (χ1v) is 11.2. The van der Waals surface area contributed by atoms with Crippen LogP contribution in [0.25, 0.3) is 0 Å². The average molecular weight is 424 g/mol. The van der Waals surface area contributed by atoms with Gasteiger partial charge < -0.3 is 9.80 Å². The molecule has 1 unspecified atom stereocenters. The van der Waals surface area contributed by atoms with E-state index in [0.29, 0.717) is 5.95 Å². The van der Waals surface area contributed by atoms with Gasteiger partial charge in [0.05, 0.1) is 17.9 Å². The van der Waals surface area contributed by atoms with Gasteiger partial charge in [-0.05, 0) is 55.9 Å². The molecule has 3 aromatic rings. The summed E-state index contributed by atoms with van der Waals surface area (Å²) in [6, 6.07) is 15.2. The first kappa shape index (κ1) is 20.3. The van der Waals surface area contributed by atoms with E-state index in [4.69, 9.17) is 9.97 Å². The summed E-state index contributed by atoms with van der Waals surface area (Å²) in [5, 5.41) is 0. The lowest BCUT2D eigenvalue weighted by atomic mass is 9.86. The molecule has 2 aliphatic rings. The van der Waals surface area contributed by atoms with Gasteiger partial charge in [0.2, 0.25) is 5.95 Å². The summed E-state index contributed by atoms with van der Waals surface area (Å²) in [7, 11) is 2.04. The Morgan fingerprint density at radius 1 is 1.16 bits per heavy atom. The molecule has 1 aliphatic carbocycles. The highest BCUT2D eigenvalue weighted by atomic mass is 15.4. The largest absolute Gasteiger partial charge is 0.327 e. The molecule has 1 atom stereocenters. The van der Waals surface area contributed by atoms with Gasteiger partial charge in [-0.15, -0.1) is 0 Å². The second-order valence-corrected chi connectivity index (χ2v) is 8.67. The molecular formula is C27H29N5. The van der Waals surface area contributed by atoms with Gasteiger partial charge in [-0.25, -0.2) is 4.98 Å². The lowest BCUT2D eigenvalue weighted by Crippen LogP contribution is -2.32. The maximum Gasteiger partial charge on any atom is 0.236 e. The number of para-hydroxylation sites is 1. The van der Waals surface area contributed by atoms with E-state index in [-0.39, 0.29) is 6.04 Å². The number of hydrogen-bond acceptors (Lipinski definition) is 5. The van der Waals surface area contributed by atoms with Crippen molar-refractivity contribution in [3.63, 3.8) is 0 Å². The number of aromatic nitrogens is 2. The average Bonchev–Trinajstić information content (AvgIpc) is 3.05. The third-order valence-electron chi connectivity index (χ3n) is 6.66. The molecule has 2 heterocycles. The third kappa shape index (κ3) is 3.16. The predicted octanol–water partition coefficient (Wildman–Crippen LogP) is 6.18. The number of rotatable bonds is 4. The van der Waals surface area contributed by atoms with Crippen molar-refractivity contribution in [3.05, 3.63) is 96.1 Å². The van der Waals surface area contributed by atoms with Crippen LogP contribution in [0.5, 0.6) is 0 Å². The maximum absolute atomic E-state index is 5.06. The molecule has 1 aromatic heterocycles. The molecule has 2 aromatic carbocycles. The molecule has 0 saturated carbocycles. The molecule has 0 spiro atoms. The van der Waals surface area contributed by atoms with Crippen molar-refractivity contribution >= 4 is 23.1 Å². The Morgan fingerprint density at radius 3 is 2.75 bits per heavy atom. The quantitative estimate of drug-likeness (QED) is 0.501. The molecule has 0 bridgehead atoms. The molecule has 5 rings (SSSR count). The third-order valence-corrected chi connectivity index (χ3v) is 6.66. The minimum atomic E-state index is 0.216. The molecule has 162 valence electrons. The number of anilines is 4. The zero-order valence-electron chi connectivity index (χ0n) is 19.0. The standard InChI is InChI=1S/C27H29N5/c1-6-31(23-12-8-7-10-19(23)3)27-28-17-25-26(29-27)32(20(4)30(25)5)24-13-9-11-21-15-14-18(2)16-22(21)24/h6-8,10,12,14-17,24H,1,4,9,11,13H2,2-3,5H3. The molecule has 0 radical (unpaired) electrons. The van der Waals surface area contributed by atoms with Crippen molar-refractivity contribution in [1.29, 1.82) is 0 Å². The van der Waals surface area contributed by atoms with Crippen LogP contribution in [0.3, 0.4) is 0 Å². The van der Waals surface area contributed by atoms with Gasteiger partial charge in [-0.2, -0.15) is 4.98 Å². The van der Waals surface area contributed by atoms with E-state index in [2.05, 4.69) is 67.1 Å². The number of benzene rings is 2. The lowest BCUT2D eigenvalue weighted by molar-refractivity contribution is 0.546. The number of hydrogen-bond donors (Lipinski definition) is 0. The molecule has 1 aliphatic heterocycles. The van der Waals surface area contributed by atoms with Crippen molar-refractivity contribution in [3.8, 4) is 0 Å². The van der Waals surface area contributed by atoms with Crippen LogP contribution >= 0.6 is 0 Å². The molecular weight excluding hydrogens is 394 g/mol. The number of aryl methyl sites for hydroxylation is 3. The topological polar surface area (TPSA) is 35.5 Å². The minimum Gasteiger partial charge on any atom is -0.327 e. The van der Waals surface area contributed by atoms with E-state index in [1.807, 2.05) is 30.3 Å². The van der Waals surface area contributed by atoms with Crippen molar-refractivity contribution in [2.45, 2.75) is 39.2 Å². The van der Waals surface area contributed by atoms with Crippen molar-refractivity contribution in [2.24, 2.45) is 0 Å². The zero-order valence-corrected chi connectivity index (χ0v) is 19.0. The second-order valence-electron chi connectivity index (χ2n) is 8.67. The van der Waals surface area contributed by atoms with E-state index in [9.17, 15) is 0 Å². The molecule has 5 heteroatoms. The fourth-order valence-corrected chi connectivity index (χ4v) is 4.92. The summed E-state index contributed by atoms with van der Waals surface area (Å²) >= 11 is 0. The van der Waals surface area contributed by atoms with Gasteiger partial charge in [0.15, 0.2) is 5.82 Å². The first-order valence-electron chi connectivity index (χ1n) is 11.2. The molecule has 0 saturated heterocycles. The Labute approximate surface area is 190 Å². The molecule has 0 fully saturated rings. The smallest absolute Gasteiger partial charge is 0.236 e.